The predicted molar refractivity (Wildman–Crippen MR) is 74.3 cm³/mol. The van der Waals surface area contributed by atoms with E-state index in [1.807, 2.05) is 11.7 Å². The van der Waals surface area contributed by atoms with E-state index in [-0.39, 0.29) is 0 Å². The molecule has 0 saturated carbocycles. The largest absolute Gasteiger partial charge is 0.380 e. The number of nitrogens with one attached hydrogen (secondary N) is 1. The fourth-order valence-corrected chi connectivity index (χ4v) is 2.31. The summed E-state index contributed by atoms with van der Waals surface area (Å²) >= 11 is 0. The molecule has 0 aliphatic rings. The van der Waals surface area contributed by atoms with Gasteiger partial charge in [-0.3, -0.25) is 4.68 Å². The lowest BCUT2D eigenvalue weighted by atomic mass is 9.95. The number of anilines is 1. The number of aromatic nitrogens is 2. The lowest BCUT2D eigenvalue weighted by Gasteiger charge is -2.23. The predicted octanol–water partition coefficient (Wildman–Crippen LogP) is 3.60. The summed E-state index contributed by atoms with van der Waals surface area (Å²) in [7, 11) is 1.97. The molecule has 17 heavy (non-hydrogen) atoms. The van der Waals surface area contributed by atoms with Gasteiger partial charge in [0.1, 0.15) is 0 Å². The normalized spacial score (nSPS) is 11.8. The van der Waals surface area contributed by atoms with Crippen molar-refractivity contribution in [2.75, 3.05) is 5.32 Å². The third-order valence-electron chi connectivity index (χ3n) is 2.88. The third-order valence-corrected chi connectivity index (χ3v) is 2.88. The van der Waals surface area contributed by atoms with Gasteiger partial charge in [0.15, 0.2) is 0 Å². The van der Waals surface area contributed by atoms with Gasteiger partial charge < -0.3 is 5.32 Å². The van der Waals surface area contributed by atoms with Crippen molar-refractivity contribution in [3.63, 3.8) is 0 Å². The second-order valence-electron chi connectivity index (χ2n) is 5.90. The average molecular weight is 237 g/mol. The number of hydrogen-bond acceptors (Lipinski definition) is 2. The highest BCUT2D eigenvalue weighted by Gasteiger charge is 2.14. The maximum absolute atomic E-state index is 4.38. The van der Waals surface area contributed by atoms with Gasteiger partial charge in [-0.25, -0.2) is 0 Å². The van der Waals surface area contributed by atoms with Crippen LogP contribution in [0.1, 0.15) is 46.2 Å². The van der Waals surface area contributed by atoms with Crippen molar-refractivity contribution in [1.29, 1.82) is 0 Å². The monoisotopic (exact) mass is 237 g/mol. The molecule has 0 fully saturated rings. The second kappa shape index (κ2) is 6.08. The minimum Gasteiger partial charge on any atom is -0.380 e. The zero-order valence-electron chi connectivity index (χ0n) is 12.1. The molecule has 1 heterocycles. The molecule has 0 bridgehead atoms. The van der Waals surface area contributed by atoms with E-state index in [2.05, 4.69) is 51.2 Å². The summed E-state index contributed by atoms with van der Waals surface area (Å²) in [6, 6.07) is 0.554. The van der Waals surface area contributed by atoms with E-state index in [1.165, 1.54) is 18.5 Å². The quantitative estimate of drug-likeness (QED) is 0.819. The van der Waals surface area contributed by atoms with Gasteiger partial charge in [0.25, 0.3) is 0 Å². The Morgan fingerprint density at radius 2 is 1.71 bits per heavy atom. The van der Waals surface area contributed by atoms with E-state index in [1.54, 1.807) is 0 Å². The SMILES string of the molecule is Cc1nn(C)cc1NC(CC(C)C)CC(C)C. The fourth-order valence-electron chi connectivity index (χ4n) is 2.31. The molecule has 0 radical (unpaired) electrons. The average Bonchev–Trinajstić information content (AvgIpc) is 2.42. The van der Waals surface area contributed by atoms with Gasteiger partial charge >= 0.3 is 0 Å². The lowest BCUT2D eigenvalue weighted by molar-refractivity contribution is 0.442. The molecule has 0 aliphatic carbocycles. The molecule has 0 aliphatic heterocycles. The summed E-state index contributed by atoms with van der Waals surface area (Å²) in [5.41, 5.74) is 2.27. The Morgan fingerprint density at radius 3 is 2.06 bits per heavy atom. The molecule has 1 aromatic heterocycles. The molecule has 0 unspecified atom stereocenters. The Labute approximate surface area is 106 Å². The van der Waals surface area contributed by atoms with E-state index in [0.717, 1.165) is 17.5 Å². The van der Waals surface area contributed by atoms with Crippen LogP contribution in [0.5, 0.6) is 0 Å². The van der Waals surface area contributed by atoms with Crippen LogP contribution in [0.15, 0.2) is 6.20 Å². The first-order chi connectivity index (χ1) is 7.88. The lowest BCUT2D eigenvalue weighted by Crippen LogP contribution is -2.23. The molecule has 1 N–H and O–H groups in total. The Balaban J connectivity index is 2.67. The first-order valence-electron chi connectivity index (χ1n) is 6.65. The zero-order valence-corrected chi connectivity index (χ0v) is 12.1. The molecule has 0 amide bonds. The molecule has 1 rings (SSSR count). The maximum atomic E-state index is 4.38. The summed E-state index contributed by atoms with van der Waals surface area (Å²) in [4.78, 5) is 0. The molecule has 0 spiro atoms. The van der Waals surface area contributed by atoms with Crippen LogP contribution >= 0.6 is 0 Å². The van der Waals surface area contributed by atoms with Crippen LogP contribution in [-0.4, -0.2) is 15.8 Å². The number of hydrogen-bond donors (Lipinski definition) is 1. The van der Waals surface area contributed by atoms with Gasteiger partial charge in [0.2, 0.25) is 0 Å². The van der Waals surface area contributed by atoms with Crippen molar-refractivity contribution in [2.24, 2.45) is 18.9 Å². The molecular formula is C14H27N3. The molecular weight excluding hydrogens is 210 g/mol. The van der Waals surface area contributed by atoms with Crippen molar-refractivity contribution >= 4 is 5.69 Å². The van der Waals surface area contributed by atoms with Crippen LogP contribution in [0.2, 0.25) is 0 Å². The van der Waals surface area contributed by atoms with Crippen molar-refractivity contribution in [2.45, 2.75) is 53.5 Å². The van der Waals surface area contributed by atoms with Crippen molar-refractivity contribution in [3.8, 4) is 0 Å². The minimum atomic E-state index is 0.554. The van der Waals surface area contributed by atoms with E-state index in [9.17, 15) is 0 Å². The van der Waals surface area contributed by atoms with Gasteiger partial charge in [0.05, 0.1) is 11.4 Å². The van der Waals surface area contributed by atoms with E-state index < -0.39 is 0 Å². The maximum Gasteiger partial charge on any atom is 0.0825 e. The molecule has 0 aromatic carbocycles. The topological polar surface area (TPSA) is 29.9 Å². The van der Waals surface area contributed by atoms with E-state index in [0.29, 0.717) is 6.04 Å². The molecule has 98 valence electrons. The smallest absolute Gasteiger partial charge is 0.0825 e. The van der Waals surface area contributed by atoms with Crippen LogP contribution in [0.25, 0.3) is 0 Å². The summed E-state index contributed by atoms with van der Waals surface area (Å²) in [5.74, 6) is 1.45. The molecule has 0 saturated heterocycles. The molecule has 0 atom stereocenters. The van der Waals surface area contributed by atoms with E-state index >= 15 is 0 Å². The fraction of sp³-hybridized carbons (Fsp3) is 0.786. The molecule has 1 aromatic rings. The van der Waals surface area contributed by atoms with Gasteiger partial charge in [-0.15, -0.1) is 0 Å². The highest BCUT2D eigenvalue weighted by atomic mass is 15.3. The van der Waals surface area contributed by atoms with Crippen LogP contribution in [-0.2, 0) is 7.05 Å². The summed E-state index contributed by atoms with van der Waals surface area (Å²) in [6.45, 7) is 11.2. The van der Waals surface area contributed by atoms with Gasteiger partial charge in [-0.1, -0.05) is 27.7 Å². The van der Waals surface area contributed by atoms with Crippen LogP contribution < -0.4 is 5.32 Å². The summed E-state index contributed by atoms with van der Waals surface area (Å²) in [5, 5.41) is 8.02. The van der Waals surface area contributed by atoms with Crippen molar-refractivity contribution in [1.82, 2.24) is 9.78 Å². The third kappa shape index (κ3) is 4.80. The molecule has 3 nitrogen and oxygen atoms in total. The zero-order chi connectivity index (χ0) is 13.0. The van der Waals surface area contributed by atoms with Crippen molar-refractivity contribution in [3.05, 3.63) is 11.9 Å². The van der Waals surface area contributed by atoms with Gasteiger partial charge in [0, 0.05) is 19.3 Å². The number of nitrogens with zero attached hydrogens (tertiary/aromatic N) is 2. The van der Waals surface area contributed by atoms with Crippen LogP contribution in [0.4, 0.5) is 5.69 Å². The Kier molecular flexibility index (Phi) is 5.03. The van der Waals surface area contributed by atoms with Crippen LogP contribution in [0, 0.1) is 18.8 Å². The van der Waals surface area contributed by atoms with Gasteiger partial charge in [-0.05, 0) is 31.6 Å². The van der Waals surface area contributed by atoms with Crippen molar-refractivity contribution < 1.29 is 0 Å². The van der Waals surface area contributed by atoms with Gasteiger partial charge in [-0.2, -0.15) is 5.10 Å². The van der Waals surface area contributed by atoms with E-state index in [4.69, 9.17) is 0 Å². The first-order valence-corrected chi connectivity index (χ1v) is 6.65. The summed E-state index contributed by atoms with van der Waals surface area (Å²) < 4.78 is 1.87. The second-order valence-corrected chi connectivity index (χ2v) is 5.90. The number of rotatable bonds is 6. The Morgan fingerprint density at radius 1 is 1.18 bits per heavy atom. The minimum absolute atomic E-state index is 0.554. The number of aryl methyl sites for hydroxylation is 2. The summed E-state index contributed by atoms with van der Waals surface area (Å²) in [6.07, 6.45) is 4.50. The Hall–Kier alpha value is -0.990. The standard InChI is InChI=1S/C14H27N3/c1-10(2)7-13(8-11(3)4)15-14-9-17(6)16-12(14)5/h9-11,13,15H,7-8H2,1-6H3. The molecule has 3 heteroatoms. The highest BCUT2D eigenvalue weighted by molar-refractivity contribution is 5.46. The highest BCUT2D eigenvalue weighted by Crippen LogP contribution is 2.20. The van der Waals surface area contributed by atoms with Crippen LogP contribution in [0.3, 0.4) is 0 Å². The first kappa shape index (κ1) is 14.1. The Bertz CT molecular complexity index is 329.